The lowest BCUT2D eigenvalue weighted by Crippen LogP contribution is -2.72. The van der Waals surface area contributed by atoms with Crippen molar-refractivity contribution in [1.29, 1.82) is 0 Å². The van der Waals surface area contributed by atoms with Crippen LogP contribution >= 0.6 is 0 Å². The lowest BCUT2D eigenvalue weighted by atomic mass is 9.81. The van der Waals surface area contributed by atoms with Gasteiger partial charge in [-0.3, -0.25) is 9.59 Å². The van der Waals surface area contributed by atoms with Gasteiger partial charge in [0.1, 0.15) is 11.6 Å². The zero-order valence-corrected chi connectivity index (χ0v) is 23.4. The van der Waals surface area contributed by atoms with Crippen LogP contribution in [0.2, 0.25) is 0 Å². The topological polar surface area (TPSA) is 93.8 Å². The number of unbranched alkanes of at least 4 members (excludes halogenated alkanes) is 1. The van der Waals surface area contributed by atoms with E-state index in [9.17, 15) is 14.4 Å². The quantitative estimate of drug-likeness (QED) is 0.379. The monoisotopic (exact) mass is 533 g/mol. The molecule has 0 unspecified atom stereocenters. The van der Waals surface area contributed by atoms with Crippen molar-refractivity contribution in [2.45, 2.75) is 70.4 Å². The number of benzene rings is 2. The lowest BCUT2D eigenvalue weighted by Gasteiger charge is -2.51. The van der Waals surface area contributed by atoms with E-state index in [4.69, 9.17) is 0 Å². The Morgan fingerprint density at radius 1 is 1.00 bits per heavy atom. The van der Waals surface area contributed by atoms with Crippen molar-refractivity contribution in [1.82, 2.24) is 20.4 Å². The molecular formula is C31H43N5O3. The van der Waals surface area contributed by atoms with E-state index in [-0.39, 0.29) is 17.8 Å². The molecule has 2 aliphatic rings. The minimum absolute atomic E-state index is 0.00106. The summed E-state index contributed by atoms with van der Waals surface area (Å²) >= 11 is 0. The Morgan fingerprint density at radius 2 is 1.72 bits per heavy atom. The van der Waals surface area contributed by atoms with E-state index < -0.39 is 11.6 Å². The molecule has 0 aliphatic carbocycles. The summed E-state index contributed by atoms with van der Waals surface area (Å²) in [6.07, 6.45) is 5.20. The number of carbonyl (C=O) groups excluding carboxylic acids is 3. The average molecular weight is 534 g/mol. The van der Waals surface area contributed by atoms with Crippen LogP contribution in [0.3, 0.4) is 0 Å². The first kappa shape index (κ1) is 28.6. The lowest BCUT2D eigenvalue weighted by molar-refractivity contribution is -0.161. The van der Waals surface area contributed by atoms with Gasteiger partial charge in [0, 0.05) is 38.4 Å². The molecule has 2 aromatic rings. The highest BCUT2D eigenvalue weighted by Gasteiger charge is 2.52. The van der Waals surface area contributed by atoms with Gasteiger partial charge in [-0.15, -0.1) is 0 Å². The molecule has 3 N–H and O–H groups in total. The SMILES string of the molecule is CCCN1C(=O)[C@H](CCCCNC(=O)Nc2ccc(C)cc2)NC(=O)C12CCN(CCc1ccccc1)CC2. The molecule has 8 nitrogen and oxygen atoms in total. The van der Waals surface area contributed by atoms with Gasteiger partial charge in [-0.25, -0.2) is 4.79 Å². The summed E-state index contributed by atoms with van der Waals surface area (Å²) < 4.78 is 0. The first-order valence-electron chi connectivity index (χ1n) is 14.4. The van der Waals surface area contributed by atoms with E-state index in [1.165, 1.54) is 5.56 Å². The van der Waals surface area contributed by atoms with Crippen LogP contribution in [0.25, 0.3) is 0 Å². The molecule has 39 heavy (non-hydrogen) atoms. The smallest absolute Gasteiger partial charge is 0.319 e. The van der Waals surface area contributed by atoms with Crippen LogP contribution < -0.4 is 16.0 Å². The second-order valence-electron chi connectivity index (χ2n) is 10.9. The summed E-state index contributed by atoms with van der Waals surface area (Å²) in [7, 11) is 0. The molecule has 2 fully saturated rings. The molecule has 2 aromatic carbocycles. The summed E-state index contributed by atoms with van der Waals surface area (Å²) in [5.74, 6) is 0.0399. The van der Waals surface area contributed by atoms with Gasteiger partial charge in [0.15, 0.2) is 0 Å². The Bertz CT molecular complexity index is 1100. The van der Waals surface area contributed by atoms with Crippen LogP contribution in [0.4, 0.5) is 10.5 Å². The van der Waals surface area contributed by atoms with Gasteiger partial charge >= 0.3 is 6.03 Å². The average Bonchev–Trinajstić information content (AvgIpc) is 2.95. The second kappa shape index (κ2) is 13.6. The molecular weight excluding hydrogens is 490 g/mol. The summed E-state index contributed by atoms with van der Waals surface area (Å²) in [6, 6.07) is 17.4. The Morgan fingerprint density at radius 3 is 2.41 bits per heavy atom. The Balaban J connectivity index is 1.23. The number of anilines is 1. The molecule has 4 rings (SSSR count). The number of nitrogens with one attached hydrogen (secondary N) is 3. The summed E-state index contributed by atoms with van der Waals surface area (Å²) in [4.78, 5) is 43.5. The number of carbonyl (C=O) groups is 3. The Hall–Kier alpha value is -3.39. The van der Waals surface area contributed by atoms with Gasteiger partial charge in [0.25, 0.3) is 0 Å². The third-order valence-corrected chi connectivity index (χ3v) is 8.01. The van der Waals surface area contributed by atoms with Gasteiger partial charge in [0.2, 0.25) is 11.8 Å². The summed E-state index contributed by atoms with van der Waals surface area (Å²) in [5.41, 5.74) is 2.47. The molecule has 1 spiro atoms. The second-order valence-corrected chi connectivity index (χ2v) is 10.9. The first-order valence-corrected chi connectivity index (χ1v) is 14.4. The molecule has 210 valence electrons. The molecule has 0 saturated carbocycles. The van der Waals surface area contributed by atoms with Crippen molar-refractivity contribution in [2.24, 2.45) is 0 Å². The van der Waals surface area contributed by atoms with Crippen molar-refractivity contribution < 1.29 is 14.4 Å². The molecule has 2 saturated heterocycles. The maximum atomic E-state index is 13.5. The van der Waals surface area contributed by atoms with Gasteiger partial charge in [-0.1, -0.05) is 55.0 Å². The number of piperazine rings is 1. The van der Waals surface area contributed by atoms with Crippen LogP contribution in [0.1, 0.15) is 56.6 Å². The maximum Gasteiger partial charge on any atom is 0.319 e. The Kier molecular flexibility index (Phi) is 9.98. The fourth-order valence-electron chi connectivity index (χ4n) is 5.68. The van der Waals surface area contributed by atoms with Crippen LogP contribution in [-0.4, -0.2) is 71.9 Å². The van der Waals surface area contributed by atoms with E-state index in [1.54, 1.807) is 0 Å². The Labute approximate surface area is 232 Å². The fourth-order valence-corrected chi connectivity index (χ4v) is 5.68. The molecule has 2 heterocycles. The van der Waals surface area contributed by atoms with E-state index in [0.29, 0.717) is 32.4 Å². The maximum absolute atomic E-state index is 13.5. The number of urea groups is 1. The number of piperidine rings is 1. The van der Waals surface area contributed by atoms with E-state index in [0.717, 1.165) is 56.6 Å². The van der Waals surface area contributed by atoms with Gasteiger partial charge < -0.3 is 25.8 Å². The number of hydrogen-bond donors (Lipinski definition) is 3. The highest BCUT2D eigenvalue weighted by molar-refractivity contribution is 6.00. The van der Waals surface area contributed by atoms with Gasteiger partial charge in [-0.2, -0.15) is 0 Å². The van der Waals surface area contributed by atoms with E-state index in [1.807, 2.05) is 42.2 Å². The normalized spacial score (nSPS) is 19.1. The highest BCUT2D eigenvalue weighted by atomic mass is 16.2. The zero-order valence-electron chi connectivity index (χ0n) is 23.4. The number of rotatable bonds is 11. The standard InChI is InChI=1S/C31H43N5O3/c1-3-20-36-28(37)27(11-7-8-19-32-30(39)33-26-14-12-24(2)13-15-26)34-29(38)31(36)17-22-35(23-18-31)21-16-25-9-5-4-6-10-25/h4-6,9-10,12-15,27H,3,7-8,11,16-23H2,1-2H3,(H,34,38)(H2,32,33,39)/t27-/m0/s1. The predicted octanol–water partition coefficient (Wildman–Crippen LogP) is 4.10. The van der Waals surface area contributed by atoms with Crippen molar-refractivity contribution in [2.75, 3.05) is 38.0 Å². The van der Waals surface area contributed by atoms with E-state index >= 15 is 0 Å². The van der Waals surface area contributed by atoms with Crippen molar-refractivity contribution in [3.8, 4) is 0 Å². The van der Waals surface area contributed by atoms with Crippen LogP contribution in [0.5, 0.6) is 0 Å². The summed E-state index contributed by atoms with van der Waals surface area (Å²) in [6.45, 7) is 7.76. The molecule has 1 atom stereocenters. The van der Waals surface area contributed by atoms with E-state index in [2.05, 4.69) is 52.0 Å². The first-order chi connectivity index (χ1) is 18.9. The number of amides is 4. The summed E-state index contributed by atoms with van der Waals surface area (Å²) in [5, 5.41) is 8.77. The number of hydrogen-bond acceptors (Lipinski definition) is 4. The fraction of sp³-hybridized carbons (Fsp3) is 0.516. The number of nitrogens with zero attached hydrogens (tertiary/aromatic N) is 2. The largest absolute Gasteiger partial charge is 0.342 e. The van der Waals surface area contributed by atoms with Gasteiger partial charge in [-0.05, 0) is 69.6 Å². The van der Waals surface area contributed by atoms with Crippen LogP contribution in [-0.2, 0) is 16.0 Å². The molecule has 0 bridgehead atoms. The van der Waals surface area contributed by atoms with Gasteiger partial charge in [0.05, 0.1) is 0 Å². The van der Waals surface area contributed by atoms with Crippen molar-refractivity contribution in [3.63, 3.8) is 0 Å². The molecule has 2 aliphatic heterocycles. The molecule has 0 aromatic heterocycles. The van der Waals surface area contributed by atoms with Crippen LogP contribution in [0, 0.1) is 6.92 Å². The molecule has 0 radical (unpaired) electrons. The van der Waals surface area contributed by atoms with Crippen molar-refractivity contribution in [3.05, 3.63) is 65.7 Å². The number of likely N-dealkylation sites (tertiary alicyclic amines) is 1. The molecule has 8 heteroatoms. The highest BCUT2D eigenvalue weighted by Crippen LogP contribution is 2.34. The predicted molar refractivity (Wildman–Crippen MR) is 155 cm³/mol. The molecule has 4 amide bonds. The zero-order chi connectivity index (χ0) is 27.7. The van der Waals surface area contributed by atoms with Crippen molar-refractivity contribution >= 4 is 23.5 Å². The number of aryl methyl sites for hydroxylation is 1. The minimum Gasteiger partial charge on any atom is -0.342 e. The third kappa shape index (κ3) is 7.38. The van der Waals surface area contributed by atoms with Crippen LogP contribution in [0.15, 0.2) is 54.6 Å². The third-order valence-electron chi connectivity index (χ3n) is 8.01. The minimum atomic E-state index is -0.734.